The van der Waals surface area contributed by atoms with Gasteiger partial charge in [0, 0.05) is 26.2 Å². The van der Waals surface area contributed by atoms with Gasteiger partial charge < -0.3 is 15.4 Å². The summed E-state index contributed by atoms with van der Waals surface area (Å²) in [6, 6.07) is 3.77. The third-order valence-corrected chi connectivity index (χ3v) is 3.97. The molecule has 4 rings (SSSR count). The molecule has 118 valence electrons. The molecule has 0 bridgehead atoms. The number of aromatic nitrogens is 5. The van der Waals surface area contributed by atoms with Gasteiger partial charge in [0.15, 0.2) is 5.65 Å². The first kappa shape index (κ1) is 13.7. The maximum atomic E-state index is 6.03. The zero-order valence-electron chi connectivity index (χ0n) is 12.8. The van der Waals surface area contributed by atoms with Crippen molar-refractivity contribution in [3.63, 3.8) is 0 Å². The highest BCUT2D eigenvalue weighted by Crippen LogP contribution is 2.24. The zero-order chi connectivity index (χ0) is 15.8. The molecule has 0 spiro atoms. The van der Waals surface area contributed by atoms with E-state index in [1.807, 2.05) is 19.2 Å². The van der Waals surface area contributed by atoms with Gasteiger partial charge in [-0.15, -0.1) is 0 Å². The highest BCUT2D eigenvalue weighted by Gasteiger charge is 2.27. The standard InChI is InChI=1S/C15H17N7O/c1-21-14-12(8-18-21)13(16)19-15(20-14)22-6-4-11(9-22)23-10-3-2-5-17-7-10/h2-3,5,7-8,11H,4,6,9H2,1H3,(H2,16,19,20). The number of fused-ring (bicyclic) bond motifs is 1. The maximum absolute atomic E-state index is 6.03. The number of hydrogen-bond acceptors (Lipinski definition) is 7. The van der Waals surface area contributed by atoms with Gasteiger partial charge in [0.25, 0.3) is 0 Å². The number of hydrogen-bond donors (Lipinski definition) is 1. The Morgan fingerprint density at radius 1 is 1.30 bits per heavy atom. The predicted octanol–water partition coefficient (Wildman–Crippen LogP) is 0.998. The zero-order valence-corrected chi connectivity index (χ0v) is 12.8. The van der Waals surface area contributed by atoms with E-state index in [9.17, 15) is 0 Å². The van der Waals surface area contributed by atoms with Crippen molar-refractivity contribution in [1.82, 2.24) is 24.7 Å². The van der Waals surface area contributed by atoms with Crippen LogP contribution in [0.2, 0.25) is 0 Å². The first-order valence-corrected chi connectivity index (χ1v) is 7.47. The number of ether oxygens (including phenoxy) is 1. The van der Waals surface area contributed by atoms with Gasteiger partial charge >= 0.3 is 0 Å². The van der Waals surface area contributed by atoms with Gasteiger partial charge in [-0.1, -0.05) is 0 Å². The number of nitrogens with zero attached hydrogens (tertiary/aromatic N) is 6. The van der Waals surface area contributed by atoms with Crippen LogP contribution in [-0.2, 0) is 7.05 Å². The van der Waals surface area contributed by atoms with Crippen molar-refractivity contribution in [2.75, 3.05) is 23.7 Å². The molecular weight excluding hydrogens is 294 g/mol. The Balaban J connectivity index is 1.54. The van der Waals surface area contributed by atoms with Crippen molar-refractivity contribution in [3.8, 4) is 5.75 Å². The summed E-state index contributed by atoms with van der Waals surface area (Å²) in [5, 5.41) is 4.96. The van der Waals surface area contributed by atoms with Crippen LogP contribution in [0.5, 0.6) is 5.75 Å². The van der Waals surface area contributed by atoms with Crippen molar-refractivity contribution in [2.45, 2.75) is 12.5 Å². The minimum absolute atomic E-state index is 0.0891. The highest BCUT2D eigenvalue weighted by atomic mass is 16.5. The lowest BCUT2D eigenvalue weighted by molar-refractivity contribution is 0.224. The number of anilines is 2. The van der Waals surface area contributed by atoms with E-state index in [0.29, 0.717) is 11.8 Å². The average Bonchev–Trinajstić information content (AvgIpc) is 3.16. The fourth-order valence-electron chi connectivity index (χ4n) is 2.79. The molecule has 0 amide bonds. The van der Waals surface area contributed by atoms with Crippen LogP contribution in [0, 0.1) is 0 Å². The molecule has 3 aromatic heterocycles. The molecule has 0 aliphatic carbocycles. The molecule has 0 aromatic carbocycles. The Bertz CT molecular complexity index is 832. The van der Waals surface area contributed by atoms with E-state index in [-0.39, 0.29) is 6.10 Å². The molecule has 3 aromatic rings. The molecular formula is C15H17N7O. The fraction of sp³-hybridized carbons (Fsp3) is 0.333. The Kier molecular flexibility index (Phi) is 3.22. The van der Waals surface area contributed by atoms with E-state index in [0.717, 1.165) is 36.3 Å². The third-order valence-electron chi connectivity index (χ3n) is 3.97. The van der Waals surface area contributed by atoms with Crippen LogP contribution in [0.15, 0.2) is 30.7 Å². The van der Waals surface area contributed by atoms with Crippen molar-refractivity contribution >= 4 is 22.8 Å². The Morgan fingerprint density at radius 3 is 3.04 bits per heavy atom. The highest BCUT2D eigenvalue weighted by molar-refractivity contribution is 5.86. The van der Waals surface area contributed by atoms with Gasteiger partial charge in [-0.2, -0.15) is 15.1 Å². The first-order valence-electron chi connectivity index (χ1n) is 7.47. The molecule has 0 radical (unpaired) electrons. The lowest BCUT2D eigenvalue weighted by Gasteiger charge is -2.17. The molecule has 0 saturated carbocycles. The normalized spacial score (nSPS) is 17.8. The SMILES string of the molecule is Cn1ncc2c(N)nc(N3CCC(Oc4cccnc4)C3)nc21. The second-order valence-corrected chi connectivity index (χ2v) is 5.58. The second kappa shape index (κ2) is 5.38. The van der Waals surface area contributed by atoms with Crippen molar-refractivity contribution in [2.24, 2.45) is 7.05 Å². The molecule has 1 aliphatic rings. The number of nitrogen functional groups attached to an aromatic ring is 1. The van der Waals surface area contributed by atoms with Crippen LogP contribution in [0.1, 0.15) is 6.42 Å². The Morgan fingerprint density at radius 2 is 2.22 bits per heavy atom. The van der Waals surface area contributed by atoms with Gasteiger partial charge in [0.2, 0.25) is 5.95 Å². The van der Waals surface area contributed by atoms with Gasteiger partial charge in [0.1, 0.15) is 17.7 Å². The van der Waals surface area contributed by atoms with Gasteiger partial charge in [-0.25, -0.2) is 0 Å². The second-order valence-electron chi connectivity index (χ2n) is 5.58. The average molecular weight is 311 g/mol. The minimum Gasteiger partial charge on any atom is -0.487 e. The van der Waals surface area contributed by atoms with Crippen molar-refractivity contribution < 1.29 is 4.74 Å². The molecule has 8 heteroatoms. The summed E-state index contributed by atoms with van der Waals surface area (Å²) in [7, 11) is 1.84. The first-order chi connectivity index (χ1) is 11.2. The summed E-state index contributed by atoms with van der Waals surface area (Å²) >= 11 is 0. The molecule has 1 atom stereocenters. The molecule has 8 nitrogen and oxygen atoms in total. The largest absolute Gasteiger partial charge is 0.487 e. The summed E-state index contributed by atoms with van der Waals surface area (Å²) in [6.45, 7) is 1.55. The summed E-state index contributed by atoms with van der Waals surface area (Å²) in [5.41, 5.74) is 6.77. The molecule has 23 heavy (non-hydrogen) atoms. The van der Waals surface area contributed by atoms with Crippen LogP contribution in [0.25, 0.3) is 11.0 Å². The van der Waals surface area contributed by atoms with Crippen LogP contribution < -0.4 is 15.4 Å². The Labute approximate surface area is 132 Å². The number of rotatable bonds is 3. The van der Waals surface area contributed by atoms with E-state index in [1.54, 1.807) is 23.3 Å². The Hall–Kier alpha value is -2.90. The number of aryl methyl sites for hydroxylation is 1. The predicted molar refractivity (Wildman–Crippen MR) is 86.2 cm³/mol. The monoisotopic (exact) mass is 311 g/mol. The van der Waals surface area contributed by atoms with E-state index >= 15 is 0 Å². The molecule has 2 N–H and O–H groups in total. The van der Waals surface area contributed by atoms with E-state index in [2.05, 4.69) is 25.0 Å². The van der Waals surface area contributed by atoms with Crippen LogP contribution in [0.4, 0.5) is 11.8 Å². The number of pyridine rings is 1. The van der Waals surface area contributed by atoms with Crippen LogP contribution >= 0.6 is 0 Å². The van der Waals surface area contributed by atoms with Gasteiger partial charge in [-0.3, -0.25) is 9.67 Å². The minimum atomic E-state index is 0.0891. The lowest BCUT2D eigenvalue weighted by Crippen LogP contribution is -2.26. The molecule has 1 aliphatic heterocycles. The lowest BCUT2D eigenvalue weighted by atomic mass is 10.3. The van der Waals surface area contributed by atoms with E-state index in [4.69, 9.17) is 10.5 Å². The van der Waals surface area contributed by atoms with Crippen molar-refractivity contribution in [3.05, 3.63) is 30.7 Å². The summed E-state index contributed by atoms with van der Waals surface area (Å²) in [5.74, 6) is 1.85. The molecule has 1 unspecified atom stereocenters. The number of nitrogens with two attached hydrogens (primary N) is 1. The fourth-order valence-corrected chi connectivity index (χ4v) is 2.79. The van der Waals surface area contributed by atoms with Crippen molar-refractivity contribution in [1.29, 1.82) is 0 Å². The third kappa shape index (κ3) is 2.52. The smallest absolute Gasteiger partial charge is 0.229 e. The summed E-state index contributed by atoms with van der Waals surface area (Å²) in [4.78, 5) is 15.1. The van der Waals surface area contributed by atoms with Gasteiger partial charge in [-0.05, 0) is 12.1 Å². The topological polar surface area (TPSA) is 95.0 Å². The summed E-state index contributed by atoms with van der Waals surface area (Å²) < 4.78 is 7.65. The molecule has 4 heterocycles. The van der Waals surface area contributed by atoms with Gasteiger partial charge in [0.05, 0.1) is 24.3 Å². The molecule has 1 saturated heterocycles. The van der Waals surface area contributed by atoms with Crippen LogP contribution in [-0.4, -0.2) is 43.9 Å². The van der Waals surface area contributed by atoms with E-state index in [1.165, 1.54) is 0 Å². The summed E-state index contributed by atoms with van der Waals surface area (Å²) in [6.07, 6.45) is 6.13. The maximum Gasteiger partial charge on any atom is 0.229 e. The molecule has 1 fully saturated rings. The van der Waals surface area contributed by atoms with E-state index < -0.39 is 0 Å². The van der Waals surface area contributed by atoms with Crippen LogP contribution in [0.3, 0.4) is 0 Å². The quantitative estimate of drug-likeness (QED) is 0.771.